The van der Waals surface area contributed by atoms with Crippen molar-refractivity contribution in [3.63, 3.8) is 0 Å². The minimum atomic E-state index is -4.37. The third-order valence-electron chi connectivity index (χ3n) is 3.66. The van der Waals surface area contributed by atoms with Crippen molar-refractivity contribution in [2.24, 2.45) is 0 Å². The first kappa shape index (κ1) is 17.9. The lowest BCUT2D eigenvalue weighted by Gasteiger charge is -2.12. The monoisotopic (exact) mass is 363 g/mol. The quantitative estimate of drug-likeness (QED) is 0.727. The number of nitrogens with one attached hydrogen (secondary N) is 1. The largest absolute Gasteiger partial charge is 0.416 e. The molecule has 3 aromatic rings. The van der Waals surface area contributed by atoms with Gasteiger partial charge in [0.1, 0.15) is 0 Å². The van der Waals surface area contributed by atoms with Crippen molar-refractivity contribution in [2.45, 2.75) is 19.6 Å². The molecule has 0 saturated carbocycles. The Labute approximate surface area is 147 Å². The molecule has 9 heteroatoms. The van der Waals surface area contributed by atoms with Crippen LogP contribution in [0.5, 0.6) is 0 Å². The molecule has 1 aromatic heterocycles. The van der Waals surface area contributed by atoms with Crippen molar-refractivity contribution in [1.29, 1.82) is 0 Å². The lowest BCUT2D eigenvalue weighted by Crippen LogP contribution is -2.06. The lowest BCUT2D eigenvalue weighted by molar-refractivity contribution is -0.137. The van der Waals surface area contributed by atoms with Gasteiger partial charge >= 0.3 is 6.18 Å². The van der Waals surface area contributed by atoms with Gasteiger partial charge in [-0.25, -0.2) is 0 Å². The highest BCUT2D eigenvalue weighted by atomic mass is 19.4. The number of hydrogen-bond acceptors (Lipinski definition) is 5. The Bertz CT molecular complexity index is 890. The predicted molar refractivity (Wildman–Crippen MR) is 89.8 cm³/mol. The number of aliphatic hydroxyl groups is 1. The molecule has 0 amide bonds. The average molecular weight is 363 g/mol. The first-order valence-electron chi connectivity index (χ1n) is 7.81. The van der Waals surface area contributed by atoms with Crippen LogP contribution < -0.4 is 5.32 Å². The summed E-state index contributed by atoms with van der Waals surface area (Å²) < 4.78 is 38.1. The van der Waals surface area contributed by atoms with Crippen LogP contribution in [0, 0.1) is 6.92 Å². The maximum atomic E-state index is 12.7. The Morgan fingerprint density at radius 2 is 1.85 bits per heavy atom. The number of nitrogens with zero attached hydrogens (tertiary/aromatic N) is 4. The van der Waals surface area contributed by atoms with Crippen LogP contribution in [0.1, 0.15) is 11.1 Å². The lowest BCUT2D eigenvalue weighted by atomic mass is 10.1. The number of anilines is 2. The minimum absolute atomic E-state index is 0.111. The van der Waals surface area contributed by atoms with Gasteiger partial charge in [0.15, 0.2) is 0 Å². The second-order valence-electron chi connectivity index (χ2n) is 5.68. The zero-order valence-corrected chi connectivity index (χ0v) is 13.8. The van der Waals surface area contributed by atoms with Crippen LogP contribution in [0.2, 0.25) is 0 Å². The Morgan fingerprint density at radius 1 is 1.12 bits per heavy atom. The van der Waals surface area contributed by atoms with Crippen LogP contribution in [0.25, 0.3) is 11.4 Å². The first-order valence-corrected chi connectivity index (χ1v) is 7.81. The number of aryl methyl sites for hydroxylation is 1. The van der Waals surface area contributed by atoms with E-state index in [-0.39, 0.29) is 13.2 Å². The van der Waals surface area contributed by atoms with E-state index in [0.717, 1.165) is 17.7 Å². The molecule has 0 aliphatic rings. The predicted octanol–water partition coefficient (Wildman–Crippen LogP) is 3.40. The maximum absolute atomic E-state index is 12.7. The van der Waals surface area contributed by atoms with E-state index in [1.165, 1.54) is 16.9 Å². The van der Waals surface area contributed by atoms with Gasteiger partial charge in [0.25, 0.3) is 0 Å². The van der Waals surface area contributed by atoms with E-state index in [2.05, 4.69) is 20.7 Å². The van der Waals surface area contributed by atoms with E-state index in [1.54, 1.807) is 0 Å². The summed E-state index contributed by atoms with van der Waals surface area (Å²) in [4.78, 5) is 1.27. The first-order chi connectivity index (χ1) is 12.4. The Morgan fingerprint density at radius 3 is 2.50 bits per heavy atom. The Balaban J connectivity index is 1.90. The molecule has 3 rings (SSSR count). The van der Waals surface area contributed by atoms with Crippen molar-refractivity contribution < 1.29 is 18.3 Å². The van der Waals surface area contributed by atoms with Crippen LogP contribution in [-0.2, 0) is 12.7 Å². The van der Waals surface area contributed by atoms with Crippen LogP contribution in [-0.4, -0.2) is 31.9 Å². The van der Waals surface area contributed by atoms with E-state index in [1.807, 2.05) is 25.1 Å². The molecule has 1 heterocycles. The van der Waals surface area contributed by atoms with Gasteiger partial charge in [0.2, 0.25) is 5.82 Å². The molecular weight excluding hydrogens is 347 g/mol. The van der Waals surface area contributed by atoms with Crippen molar-refractivity contribution in [3.05, 3.63) is 53.6 Å². The van der Waals surface area contributed by atoms with Crippen LogP contribution in [0.4, 0.5) is 24.5 Å². The van der Waals surface area contributed by atoms with Crippen LogP contribution in [0.15, 0.2) is 42.5 Å². The molecule has 6 nitrogen and oxygen atoms in total. The molecule has 0 radical (unpaired) electrons. The number of halogens is 3. The zero-order valence-electron chi connectivity index (χ0n) is 13.8. The summed E-state index contributed by atoms with van der Waals surface area (Å²) in [6, 6.07) is 10.3. The third-order valence-corrected chi connectivity index (χ3v) is 3.66. The fourth-order valence-electron chi connectivity index (χ4n) is 2.39. The number of hydrogen-bond donors (Lipinski definition) is 2. The molecule has 26 heavy (non-hydrogen) atoms. The number of benzene rings is 2. The Hall–Kier alpha value is -2.94. The van der Waals surface area contributed by atoms with Gasteiger partial charge in [-0.2, -0.15) is 18.0 Å². The normalized spacial score (nSPS) is 11.6. The fourth-order valence-corrected chi connectivity index (χ4v) is 2.39. The van der Waals surface area contributed by atoms with Crippen molar-refractivity contribution in [2.75, 3.05) is 11.9 Å². The number of alkyl halides is 3. The van der Waals surface area contributed by atoms with Gasteiger partial charge in [0, 0.05) is 16.9 Å². The summed E-state index contributed by atoms with van der Waals surface area (Å²) in [5.41, 5.74) is 2.06. The topological polar surface area (TPSA) is 75.9 Å². The number of aliphatic hydroxyl groups excluding tert-OH is 1. The van der Waals surface area contributed by atoms with Gasteiger partial charge in [-0.05, 0) is 54.1 Å². The summed E-state index contributed by atoms with van der Waals surface area (Å²) in [7, 11) is 0. The number of rotatable bonds is 5. The van der Waals surface area contributed by atoms with Crippen molar-refractivity contribution in [3.8, 4) is 11.4 Å². The molecule has 0 aliphatic carbocycles. The summed E-state index contributed by atoms with van der Waals surface area (Å²) in [6.07, 6.45) is -4.37. The molecular formula is C17H16F3N5O. The molecule has 0 spiro atoms. The molecule has 0 unspecified atom stereocenters. The SMILES string of the molecule is Cc1ccc(-c2nnn(CCO)n2)c(Nc2ccc(C(F)(F)F)cc2)c1. The highest BCUT2D eigenvalue weighted by Gasteiger charge is 2.29. The van der Waals surface area contributed by atoms with Crippen molar-refractivity contribution >= 4 is 11.4 Å². The Kier molecular flexibility index (Phi) is 4.90. The molecule has 0 fully saturated rings. The molecule has 0 saturated heterocycles. The summed E-state index contributed by atoms with van der Waals surface area (Å²) in [6.45, 7) is 2.01. The van der Waals surface area contributed by atoms with Gasteiger partial charge in [0.05, 0.1) is 18.7 Å². The molecule has 2 N–H and O–H groups in total. The number of aromatic nitrogens is 4. The fraction of sp³-hybridized carbons (Fsp3) is 0.235. The average Bonchev–Trinajstić information content (AvgIpc) is 3.03. The van der Waals surface area contributed by atoms with E-state index < -0.39 is 11.7 Å². The van der Waals surface area contributed by atoms with Crippen LogP contribution in [0.3, 0.4) is 0 Å². The van der Waals surface area contributed by atoms with Gasteiger partial charge in [-0.15, -0.1) is 10.2 Å². The highest BCUT2D eigenvalue weighted by molar-refractivity contribution is 5.78. The van der Waals surface area contributed by atoms with E-state index in [0.29, 0.717) is 22.8 Å². The molecule has 136 valence electrons. The molecule has 0 bridgehead atoms. The molecule has 2 aromatic carbocycles. The standard InChI is InChI=1S/C17H16F3N5O/c1-11-2-7-14(16-22-24-25(23-16)8-9-26)15(10-11)21-13-5-3-12(4-6-13)17(18,19)20/h2-7,10,21,26H,8-9H2,1H3. The van der Waals surface area contributed by atoms with E-state index in [9.17, 15) is 13.2 Å². The highest BCUT2D eigenvalue weighted by Crippen LogP contribution is 2.32. The van der Waals surface area contributed by atoms with Crippen LogP contribution >= 0.6 is 0 Å². The van der Waals surface area contributed by atoms with Gasteiger partial charge in [-0.1, -0.05) is 6.07 Å². The summed E-state index contributed by atoms with van der Waals surface area (Å²) in [5.74, 6) is 0.355. The van der Waals surface area contributed by atoms with Gasteiger partial charge < -0.3 is 10.4 Å². The maximum Gasteiger partial charge on any atom is 0.416 e. The summed E-state index contributed by atoms with van der Waals surface area (Å²) >= 11 is 0. The third kappa shape index (κ3) is 3.99. The minimum Gasteiger partial charge on any atom is -0.394 e. The van der Waals surface area contributed by atoms with Crippen molar-refractivity contribution in [1.82, 2.24) is 20.2 Å². The van der Waals surface area contributed by atoms with E-state index in [4.69, 9.17) is 5.11 Å². The summed E-state index contributed by atoms with van der Waals surface area (Å²) in [5, 5.41) is 24.1. The number of tetrazole rings is 1. The van der Waals surface area contributed by atoms with Gasteiger partial charge in [-0.3, -0.25) is 0 Å². The second kappa shape index (κ2) is 7.12. The molecule has 0 atom stereocenters. The zero-order chi connectivity index (χ0) is 18.7. The molecule has 0 aliphatic heterocycles. The smallest absolute Gasteiger partial charge is 0.394 e. The second-order valence-corrected chi connectivity index (χ2v) is 5.68. The van der Waals surface area contributed by atoms with E-state index >= 15 is 0 Å².